The van der Waals surface area contributed by atoms with Crippen LogP contribution in [-0.2, 0) is 6.54 Å². The second-order valence-corrected chi connectivity index (χ2v) is 2.14. The Morgan fingerprint density at radius 3 is 2.70 bits per heavy atom. The maximum Gasteiger partial charge on any atom is 0.232 e. The smallest absolute Gasteiger partial charge is 0.232 e. The van der Waals surface area contributed by atoms with Gasteiger partial charge in [-0.05, 0) is 13.8 Å². The third kappa shape index (κ3) is 1.12. The van der Waals surface area contributed by atoms with Crippen molar-refractivity contribution in [3.63, 3.8) is 0 Å². The Balaban J connectivity index is 2.92. The van der Waals surface area contributed by atoms with Crippen molar-refractivity contribution in [3.05, 3.63) is 11.8 Å². The molecule has 1 rings (SSSR count). The highest BCUT2D eigenvalue weighted by Crippen LogP contribution is 2.09. The third-order valence-corrected chi connectivity index (χ3v) is 1.47. The molecule has 0 saturated carbocycles. The van der Waals surface area contributed by atoms with Gasteiger partial charge in [0.25, 0.3) is 0 Å². The predicted octanol–water partition coefficient (Wildman–Crippen LogP) is 1.22. The van der Waals surface area contributed by atoms with Crippen molar-refractivity contribution in [1.29, 1.82) is 0 Å². The fraction of sp³-hybridized carbons (Fsp3) is 0.571. The molecule has 3 heteroatoms. The second kappa shape index (κ2) is 2.73. The van der Waals surface area contributed by atoms with Crippen LogP contribution in [0.1, 0.15) is 12.6 Å². The van der Waals surface area contributed by atoms with Gasteiger partial charge in [0.2, 0.25) is 5.88 Å². The first-order valence-corrected chi connectivity index (χ1v) is 3.36. The summed E-state index contributed by atoms with van der Waals surface area (Å²) in [5.41, 5.74) is 1.14. The number of methoxy groups -OCH3 is 1. The summed E-state index contributed by atoms with van der Waals surface area (Å²) in [6.45, 7) is 4.97. The average molecular weight is 140 g/mol. The molecule has 0 spiro atoms. The van der Waals surface area contributed by atoms with Crippen LogP contribution in [0.25, 0.3) is 0 Å². The minimum absolute atomic E-state index is 0.694. The van der Waals surface area contributed by atoms with E-state index in [-0.39, 0.29) is 0 Å². The largest absolute Gasteiger partial charge is 0.480 e. The number of ether oxygens (including phenoxy) is 1. The molecule has 0 aliphatic carbocycles. The van der Waals surface area contributed by atoms with E-state index in [9.17, 15) is 0 Å². The number of rotatable bonds is 2. The van der Waals surface area contributed by atoms with Crippen molar-refractivity contribution in [2.24, 2.45) is 0 Å². The van der Waals surface area contributed by atoms with Gasteiger partial charge in [-0.1, -0.05) is 0 Å². The van der Waals surface area contributed by atoms with Crippen molar-refractivity contribution in [2.45, 2.75) is 20.4 Å². The fourth-order valence-corrected chi connectivity index (χ4v) is 0.900. The Morgan fingerprint density at radius 1 is 1.70 bits per heavy atom. The van der Waals surface area contributed by atoms with E-state index in [0.29, 0.717) is 5.88 Å². The van der Waals surface area contributed by atoms with E-state index in [1.165, 1.54) is 0 Å². The van der Waals surface area contributed by atoms with Gasteiger partial charge in [0.15, 0.2) is 0 Å². The quantitative estimate of drug-likeness (QED) is 0.617. The fourth-order valence-electron chi connectivity index (χ4n) is 0.900. The third-order valence-electron chi connectivity index (χ3n) is 1.47. The van der Waals surface area contributed by atoms with E-state index >= 15 is 0 Å². The monoisotopic (exact) mass is 140 g/mol. The number of aromatic nitrogens is 2. The van der Waals surface area contributed by atoms with Gasteiger partial charge >= 0.3 is 0 Å². The van der Waals surface area contributed by atoms with Crippen LogP contribution in [0.3, 0.4) is 0 Å². The lowest BCUT2D eigenvalue weighted by molar-refractivity contribution is 0.389. The standard InChI is InChI=1S/C7H12N2O/c1-4-9-6(2)5-7(8-9)10-3/h5H,4H2,1-3H3. The molecular weight excluding hydrogens is 128 g/mol. The molecule has 0 fully saturated rings. The van der Waals surface area contributed by atoms with Crippen molar-refractivity contribution in [3.8, 4) is 5.88 Å². The lowest BCUT2D eigenvalue weighted by Gasteiger charge is -1.95. The van der Waals surface area contributed by atoms with E-state index in [2.05, 4.69) is 12.0 Å². The Hall–Kier alpha value is -0.990. The van der Waals surface area contributed by atoms with Gasteiger partial charge < -0.3 is 4.74 Å². The van der Waals surface area contributed by atoms with Gasteiger partial charge in [-0.3, -0.25) is 4.68 Å². The van der Waals surface area contributed by atoms with Crippen LogP contribution in [-0.4, -0.2) is 16.9 Å². The van der Waals surface area contributed by atoms with Crippen LogP contribution >= 0.6 is 0 Å². The Bertz CT molecular complexity index is 217. The zero-order valence-electron chi connectivity index (χ0n) is 6.59. The normalized spacial score (nSPS) is 9.90. The zero-order valence-corrected chi connectivity index (χ0v) is 6.59. The molecule has 1 aromatic heterocycles. The summed E-state index contributed by atoms with van der Waals surface area (Å²) in [5, 5.41) is 4.14. The summed E-state index contributed by atoms with van der Waals surface area (Å²) < 4.78 is 6.85. The molecule has 10 heavy (non-hydrogen) atoms. The van der Waals surface area contributed by atoms with Crippen molar-refractivity contribution < 1.29 is 4.74 Å². The molecule has 0 aliphatic rings. The van der Waals surface area contributed by atoms with Crippen molar-refractivity contribution >= 4 is 0 Å². The molecule has 0 amide bonds. The first-order chi connectivity index (χ1) is 4.77. The summed E-state index contributed by atoms with van der Waals surface area (Å²) in [5.74, 6) is 0.694. The predicted molar refractivity (Wildman–Crippen MR) is 39.2 cm³/mol. The summed E-state index contributed by atoms with van der Waals surface area (Å²) >= 11 is 0. The van der Waals surface area contributed by atoms with Crippen molar-refractivity contribution in [2.75, 3.05) is 7.11 Å². The Labute approximate surface area is 60.6 Å². The molecule has 0 bridgehead atoms. The molecule has 0 saturated heterocycles. The topological polar surface area (TPSA) is 27.1 Å². The minimum atomic E-state index is 0.694. The number of nitrogens with zero attached hydrogens (tertiary/aromatic N) is 2. The zero-order chi connectivity index (χ0) is 7.56. The minimum Gasteiger partial charge on any atom is -0.480 e. The van der Waals surface area contributed by atoms with Crippen LogP contribution in [0.2, 0.25) is 0 Å². The summed E-state index contributed by atoms with van der Waals surface area (Å²) in [4.78, 5) is 0. The molecule has 0 unspecified atom stereocenters. The second-order valence-electron chi connectivity index (χ2n) is 2.14. The maximum atomic E-state index is 4.95. The van der Waals surface area contributed by atoms with E-state index in [4.69, 9.17) is 4.74 Å². The lowest BCUT2D eigenvalue weighted by Crippen LogP contribution is -1.98. The molecular formula is C7H12N2O. The first kappa shape index (κ1) is 7.12. The lowest BCUT2D eigenvalue weighted by atomic mass is 10.5. The SMILES string of the molecule is CCn1nc(OC)cc1C. The van der Waals surface area contributed by atoms with E-state index in [1.54, 1.807) is 7.11 Å². The highest BCUT2D eigenvalue weighted by atomic mass is 16.5. The van der Waals surface area contributed by atoms with Gasteiger partial charge in [-0.2, -0.15) is 0 Å². The number of hydrogen-bond acceptors (Lipinski definition) is 2. The molecule has 1 aromatic rings. The van der Waals surface area contributed by atoms with Crippen LogP contribution in [0.4, 0.5) is 0 Å². The summed E-state index contributed by atoms with van der Waals surface area (Å²) in [6.07, 6.45) is 0. The number of hydrogen-bond donors (Lipinski definition) is 0. The van der Waals surface area contributed by atoms with Gasteiger partial charge in [-0.25, -0.2) is 0 Å². The van der Waals surface area contributed by atoms with E-state index in [0.717, 1.165) is 12.2 Å². The molecule has 0 atom stereocenters. The molecule has 56 valence electrons. The highest BCUT2D eigenvalue weighted by molar-refractivity contribution is 5.13. The molecule has 0 aliphatic heterocycles. The summed E-state index contributed by atoms with van der Waals surface area (Å²) in [7, 11) is 1.63. The van der Waals surface area contributed by atoms with Crippen molar-refractivity contribution in [1.82, 2.24) is 9.78 Å². The summed E-state index contributed by atoms with van der Waals surface area (Å²) in [6, 6.07) is 1.92. The highest BCUT2D eigenvalue weighted by Gasteiger charge is 1.99. The molecule has 0 radical (unpaired) electrons. The van der Waals surface area contributed by atoms with Gasteiger partial charge in [0, 0.05) is 18.3 Å². The van der Waals surface area contributed by atoms with E-state index in [1.807, 2.05) is 17.7 Å². The van der Waals surface area contributed by atoms with Crippen LogP contribution in [0.5, 0.6) is 5.88 Å². The van der Waals surface area contributed by atoms with E-state index < -0.39 is 0 Å². The first-order valence-electron chi connectivity index (χ1n) is 3.36. The van der Waals surface area contributed by atoms with Crippen LogP contribution in [0, 0.1) is 6.92 Å². The maximum absolute atomic E-state index is 4.95. The molecule has 0 aromatic carbocycles. The van der Waals surface area contributed by atoms with Gasteiger partial charge in [0.1, 0.15) is 0 Å². The molecule has 3 nitrogen and oxygen atoms in total. The van der Waals surface area contributed by atoms with Crippen LogP contribution in [0.15, 0.2) is 6.07 Å². The molecule has 1 heterocycles. The Kier molecular flexibility index (Phi) is 1.94. The molecule has 0 N–H and O–H groups in total. The number of aryl methyl sites for hydroxylation is 2. The van der Waals surface area contributed by atoms with Gasteiger partial charge in [0.05, 0.1) is 7.11 Å². The van der Waals surface area contributed by atoms with Crippen LogP contribution < -0.4 is 4.74 Å². The Morgan fingerprint density at radius 2 is 2.40 bits per heavy atom. The average Bonchev–Trinajstić information content (AvgIpc) is 2.30. The van der Waals surface area contributed by atoms with Gasteiger partial charge in [-0.15, -0.1) is 5.10 Å².